The quantitative estimate of drug-likeness (QED) is 0.871. The van der Waals surface area contributed by atoms with Gasteiger partial charge in [0, 0.05) is 41.7 Å². The molecule has 0 unspecified atom stereocenters. The van der Waals surface area contributed by atoms with Gasteiger partial charge in [0.25, 0.3) is 5.91 Å². The van der Waals surface area contributed by atoms with Gasteiger partial charge in [-0.25, -0.2) is 0 Å². The summed E-state index contributed by atoms with van der Waals surface area (Å²) in [5.74, 6) is 0.0973. The lowest BCUT2D eigenvalue weighted by Crippen LogP contribution is -2.46. The van der Waals surface area contributed by atoms with E-state index in [1.807, 2.05) is 36.1 Å². The second kappa shape index (κ2) is 5.50. The van der Waals surface area contributed by atoms with Crippen molar-refractivity contribution < 1.29 is 4.79 Å². The van der Waals surface area contributed by atoms with Crippen molar-refractivity contribution in [2.75, 3.05) is 26.2 Å². The second-order valence-corrected chi connectivity index (χ2v) is 5.93. The van der Waals surface area contributed by atoms with Crippen molar-refractivity contribution in [2.24, 2.45) is 0 Å². The summed E-state index contributed by atoms with van der Waals surface area (Å²) in [5, 5.41) is 4.18. The SMILES string of the molecule is Cc1cc(C(=O)N2CCNCC2)c2cc(Br)ccc2n1. The van der Waals surface area contributed by atoms with E-state index in [-0.39, 0.29) is 5.91 Å². The molecule has 1 N–H and O–H groups in total. The lowest BCUT2D eigenvalue weighted by molar-refractivity contribution is 0.0737. The van der Waals surface area contributed by atoms with Crippen molar-refractivity contribution in [2.45, 2.75) is 6.92 Å². The van der Waals surface area contributed by atoms with Crippen molar-refractivity contribution in [1.82, 2.24) is 15.2 Å². The van der Waals surface area contributed by atoms with E-state index in [2.05, 4.69) is 26.2 Å². The Morgan fingerprint density at radius 3 is 2.80 bits per heavy atom. The summed E-state index contributed by atoms with van der Waals surface area (Å²) in [5.41, 5.74) is 2.49. The Kier molecular flexibility index (Phi) is 3.72. The van der Waals surface area contributed by atoms with Crippen molar-refractivity contribution in [1.29, 1.82) is 0 Å². The number of nitrogens with one attached hydrogen (secondary N) is 1. The number of halogens is 1. The Bertz CT molecular complexity index is 665. The molecule has 1 fully saturated rings. The third-order valence-electron chi connectivity index (χ3n) is 3.53. The molecule has 0 radical (unpaired) electrons. The number of nitrogens with zero attached hydrogens (tertiary/aromatic N) is 2. The number of aromatic nitrogens is 1. The molecule has 0 aliphatic carbocycles. The van der Waals surface area contributed by atoms with Gasteiger partial charge in [0.05, 0.1) is 11.1 Å². The molecule has 4 nitrogen and oxygen atoms in total. The molecule has 20 heavy (non-hydrogen) atoms. The number of fused-ring (bicyclic) bond motifs is 1. The monoisotopic (exact) mass is 333 g/mol. The zero-order valence-corrected chi connectivity index (χ0v) is 12.9. The predicted molar refractivity (Wildman–Crippen MR) is 83.0 cm³/mol. The molecule has 0 saturated carbocycles. The van der Waals surface area contributed by atoms with Gasteiger partial charge in [0.2, 0.25) is 0 Å². The van der Waals surface area contributed by atoms with Gasteiger partial charge >= 0.3 is 0 Å². The van der Waals surface area contributed by atoms with E-state index in [0.717, 1.165) is 52.8 Å². The Morgan fingerprint density at radius 1 is 1.30 bits per heavy atom. The summed E-state index contributed by atoms with van der Waals surface area (Å²) in [7, 11) is 0. The van der Waals surface area contributed by atoms with E-state index in [4.69, 9.17) is 0 Å². The molecule has 0 spiro atoms. The highest BCUT2D eigenvalue weighted by Gasteiger charge is 2.20. The van der Waals surface area contributed by atoms with Crippen LogP contribution in [-0.2, 0) is 0 Å². The molecule has 3 rings (SSSR count). The lowest BCUT2D eigenvalue weighted by Gasteiger charge is -2.28. The fourth-order valence-corrected chi connectivity index (χ4v) is 2.91. The number of benzene rings is 1. The predicted octanol–water partition coefficient (Wildman–Crippen LogP) is 2.35. The molecule has 2 heterocycles. The van der Waals surface area contributed by atoms with Crippen LogP contribution in [0.25, 0.3) is 10.9 Å². The fourth-order valence-electron chi connectivity index (χ4n) is 2.55. The highest BCUT2D eigenvalue weighted by Crippen LogP contribution is 2.24. The van der Waals surface area contributed by atoms with Gasteiger partial charge in [0.1, 0.15) is 0 Å². The van der Waals surface area contributed by atoms with Crippen LogP contribution in [0.2, 0.25) is 0 Å². The van der Waals surface area contributed by atoms with Gasteiger partial charge in [-0.3, -0.25) is 9.78 Å². The first-order valence-corrected chi connectivity index (χ1v) is 7.51. The topological polar surface area (TPSA) is 45.2 Å². The standard InChI is InChI=1S/C15H16BrN3O/c1-10-8-13(15(20)19-6-4-17-5-7-19)12-9-11(16)2-3-14(12)18-10/h2-3,8-9,17H,4-7H2,1H3. The van der Waals surface area contributed by atoms with Crippen LogP contribution in [0.15, 0.2) is 28.7 Å². The van der Waals surface area contributed by atoms with Crippen molar-refractivity contribution in [3.63, 3.8) is 0 Å². The number of hydrogen-bond acceptors (Lipinski definition) is 3. The van der Waals surface area contributed by atoms with E-state index >= 15 is 0 Å². The van der Waals surface area contributed by atoms with Crippen LogP contribution in [0.4, 0.5) is 0 Å². The lowest BCUT2D eigenvalue weighted by atomic mass is 10.1. The Labute approximate surface area is 126 Å². The molecule has 1 aliphatic rings. The number of pyridine rings is 1. The largest absolute Gasteiger partial charge is 0.336 e. The molecule has 0 bridgehead atoms. The van der Waals surface area contributed by atoms with E-state index < -0.39 is 0 Å². The Balaban J connectivity index is 2.09. The minimum atomic E-state index is 0.0973. The summed E-state index contributed by atoms with van der Waals surface area (Å²) in [6.45, 7) is 5.16. The van der Waals surface area contributed by atoms with Gasteiger partial charge in [-0.1, -0.05) is 15.9 Å². The summed E-state index contributed by atoms with van der Waals surface area (Å²) < 4.78 is 0.963. The average Bonchev–Trinajstić information content (AvgIpc) is 2.47. The molecule has 5 heteroatoms. The minimum absolute atomic E-state index is 0.0973. The molecule has 1 aliphatic heterocycles. The van der Waals surface area contributed by atoms with Crippen LogP contribution in [0.1, 0.15) is 16.1 Å². The highest BCUT2D eigenvalue weighted by molar-refractivity contribution is 9.10. The number of carbonyl (C=O) groups excluding carboxylic acids is 1. The average molecular weight is 334 g/mol. The number of piperazine rings is 1. The van der Waals surface area contributed by atoms with E-state index in [0.29, 0.717) is 0 Å². The maximum absolute atomic E-state index is 12.7. The molecular weight excluding hydrogens is 318 g/mol. The molecule has 2 aromatic rings. The van der Waals surface area contributed by atoms with E-state index in [9.17, 15) is 4.79 Å². The zero-order valence-electron chi connectivity index (χ0n) is 11.3. The number of aryl methyl sites for hydroxylation is 1. The first-order chi connectivity index (χ1) is 9.65. The molecule has 1 saturated heterocycles. The van der Waals surface area contributed by atoms with Gasteiger partial charge in [-0.15, -0.1) is 0 Å². The maximum atomic E-state index is 12.7. The van der Waals surface area contributed by atoms with Gasteiger partial charge in [0.15, 0.2) is 0 Å². The number of carbonyl (C=O) groups is 1. The first-order valence-electron chi connectivity index (χ1n) is 6.72. The number of rotatable bonds is 1. The normalized spacial score (nSPS) is 15.6. The Hall–Kier alpha value is -1.46. The van der Waals surface area contributed by atoms with Gasteiger partial charge in [-0.05, 0) is 31.2 Å². The van der Waals surface area contributed by atoms with Crippen molar-refractivity contribution in [3.8, 4) is 0 Å². The van der Waals surface area contributed by atoms with Gasteiger partial charge < -0.3 is 10.2 Å². The molecule has 104 valence electrons. The summed E-state index contributed by atoms with van der Waals surface area (Å²) in [6.07, 6.45) is 0. The Morgan fingerprint density at radius 2 is 2.05 bits per heavy atom. The maximum Gasteiger partial charge on any atom is 0.254 e. The minimum Gasteiger partial charge on any atom is -0.336 e. The van der Waals surface area contributed by atoms with Crippen molar-refractivity contribution in [3.05, 3.63) is 40.0 Å². The third kappa shape index (κ3) is 2.55. The van der Waals surface area contributed by atoms with Crippen LogP contribution < -0.4 is 5.32 Å². The van der Waals surface area contributed by atoms with Gasteiger partial charge in [-0.2, -0.15) is 0 Å². The van der Waals surface area contributed by atoms with Crippen molar-refractivity contribution >= 4 is 32.7 Å². The summed E-state index contributed by atoms with van der Waals surface area (Å²) in [6, 6.07) is 7.76. The van der Waals surface area contributed by atoms with Crippen LogP contribution in [0.5, 0.6) is 0 Å². The summed E-state index contributed by atoms with van der Waals surface area (Å²) in [4.78, 5) is 19.1. The molecule has 0 atom stereocenters. The van der Waals surface area contributed by atoms with Crippen LogP contribution in [0.3, 0.4) is 0 Å². The van der Waals surface area contributed by atoms with Crippen LogP contribution in [0, 0.1) is 6.92 Å². The third-order valence-corrected chi connectivity index (χ3v) is 4.03. The molecule has 1 aromatic heterocycles. The summed E-state index contributed by atoms with van der Waals surface area (Å²) >= 11 is 3.47. The second-order valence-electron chi connectivity index (χ2n) is 5.01. The smallest absolute Gasteiger partial charge is 0.254 e. The zero-order chi connectivity index (χ0) is 14.1. The van der Waals surface area contributed by atoms with Crippen LogP contribution in [-0.4, -0.2) is 42.0 Å². The molecule has 1 amide bonds. The van der Waals surface area contributed by atoms with E-state index in [1.165, 1.54) is 0 Å². The highest BCUT2D eigenvalue weighted by atomic mass is 79.9. The van der Waals surface area contributed by atoms with Crippen LogP contribution >= 0.6 is 15.9 Å². The van der Waals surface area contributed by atoms with E-state index in [1.54, 1.807) is 0 Å². The number of amides is 1. The molecule has 1 aromatic carbocycles. The first kappa shape index (κ1) is 13.5. The molecular formula is C15H16BrN3O. The fraction of sp³-hybridized carbons (Fsp3) is 0.333. The number of hydrogen-bond donors (Lipinski definition) is 1.